The van der Waals surface area contributed by atoms with E-state index in [1.165, 1.54) is 31.2 Å². The lowest BCUT2D eigenvalue weighted by molar-refractivity contribution is -0.114. The number of aromatic nitrogens is 2. The van der Waals surface area contributed by atoms with Gasteiger partial charge in [-0.3, -0.25) is 9.59 Å². The first-order valence-corrected chi connectivity index (χ1v) is 8.46. The number of hydrogen-bond acceptors (Lipinski definition) is 5. The molecular formula is C20H18FN5O2. The Kier molecular flexibility index (Phi) is 5.59. The second-order valence-electron chi connectivity index (χ2n) is 6.06. The summed E-state index contributed by atoms with van der Waals surface area (Å²) in [7, 11) is 0. The van der Waals surface area contributed by atoms with E-state index in [2.05, 4.69) is 25.9 Å². The van der Waals surface area contributed by atoms with Crippen LogP contribution in [0.4, 0.5) is 27.4 Å². The molecule has 0 aliphatic rings. The van der Waals surface area contributed by atoms with E-state index in [-0.39, 0.29) is 23.4 Å². The molecule has 1 aromatic heterocycles. The van der Waals surface area contributed by atoms with Gasteiger partial charge >= 0.3 is 0 Å². The number of hydrogen-bond donors (Lipinski definition) is 3. The zero-order valence-corrected chi connectivity index (χ0v) is 15.3. The average molecular weight is 379 g/mol. The van der Waals surface area contributed by atoms with Gasteiger partial charge in [0.15, 0.2) is 0 Å². The predicted molar refractivity (Wildman–Crippen MR) is 105 cm³/mol. The maximum atomic E-state index is 13.0. The number of carbonyl (C=O) groups is 2. The lowest BCUT2D eigenvalue weighted by atomic mass is 10.2. The molecule has 0 saturated carbocycles. The van der Waals surface area contributed by atoms with Gasteiger partial charge in [-0.1, -0.05) is 0 Å². The van der Waals surface area contributed by atoms with Gasteiger partial charge < -0.3 is 16.0 Å². The van der Waals surface area contributed by atoms with Gasteiger partial charge in [0.25, 0.3) is 5.91 Å². The van der Waals surface area contributed by atoms with Crippen molar-refractivity contribution in [1.82, 2.24) is 9.97 Å². The molecule has 0 saturated heterocycles. The van der Waals surface area contributed by atoms with E-state index >= 15 is 0 Å². The molecule has 0 fully saturated rings. The molecule has 2 aromatic carbocycles. The molecular weight excluding hydrogens is 361 g/mol. The maximum absolute atomic E-state index is 13.0. The molecule has 28 heavy (non-hydrogen) atoms. The van der Waals surface area contributed by atoms with Crippen molar-refractivity contribution in [1.29, 1.82) is 0 Å². The zero-order chi connectivity index (χ0) is 20.1. The second kappa shape index (κ2) is 8.26. The summed E-state index contributed by atoms with van der Waals surface area (Å²) in [6.45, 7) is 3.19. The van der Waals surface area contributed by atoms with Crippen LogP contribution in [0.2, 0.25) is 0 Å². The largest absolute Gasteiger partial charge is 0.326 e. The number of amides is 2. The summed E-state index contributed by atoms with van der Waals surface area (Å²) in [4.78, 5) is 32.0. The molecule has 7 nitrogen and oxygen atoms in total. The van der Waals surface area contributed by atoms with Crippen molar-refractivity contribution in [3.63, 3.8) is 0 Å². The summed E-state index contributed by atoms with van der Waals surface area (Å²) >= 11 is 0. The molecule has 0 radical (unpaired) electrons. The Morgan fingerprint density at radius 1 is 0.857 bits per heavy atom. The fraction of sp³-hybridized carbons (Fsp3) is 0.100. The molecule has 0 bridgehead atoms. The molecule has 2 amide bonds. The van der Waals surface area contributed by atoms with E-state index in [1.54, 1.807) is 37.3 Å². The van der Waals surface area contributed by atoms with Gasteiger partial charge in [-0.25, -0.2) is 14.4 Å². The van der Waals surface area contributed by atoms with Crippen LogP contribution in [0.25, 0.3) is 0 Å². The maximum Gasteiger partial charge on any atom is 0.274 e. The Labute approximate surface area is 161 Å². The third-order valence-electron chi connectivity index (χ3n) is 3.65. The normalized spacial score (nSPS) is 10.2. The molecule has 3 aromatic rings. The van der Waals surface area contributed by atoms with E-state index in [1.807, 2.05) is 0 Å². The van der Waals surface area contributed by atoms with Gasteiger partial charge in [-0.05, 0) is 61.5 Å². The number of benzene rings is 2. The molecule has 0 spiro atoms. The van der Waals surface area contributed by atoms with Crippen LogP contribution in [0.3, 0.4) is 0 Å². The van der Waals surface area contributed by atoms with Crippen molar-refractivity contribution in [3.8, 4) is 0 Å². The van der Waals surface area contributed by atoms with Crippen molar-refractivity contribution >= 4 is 34.8 Å². The number of nitrogens with zero attached hydrogens (tertiary/aromatic N) is 2. The van der Waals surface area contributed by atoms with Gasteiger partial charge in [-0.2, -0.15) is 0 Å². The number of carbonyl (C=O) groups excluding carboxylic acids is 2. The zero-order valence-electron chi connectivity index (χ0n) is 15.3. The summed E-state index contributed by atoms with van der Waals surface area (Å²) in [5, 5.41) is 8.37. The van der Waals surface area contributed by atoms with Crippen molar-refractivity contribution < 1.29 is 14.0 Å². The number of anilines is 4. The van der Waals surface area contributed by atoms with Crippen LogP contribution in [0.1, 0.15) is 23.1 Å². The smallest absolute Gasteiger partial charge is 0.274 e. The summed E-state index contributed by atoms with van der Waals surface area (Å²) in [6.07, 6.45) is 0. The molecule has 0 atom stereocenters. The van der Waals surface area contributed by atoms with Crippen LogP contribution in [0, 0.1) is 12.7 Å². The van der Waals surface area contributed by atoms with E-state index in [9.17, 15) is 14.0 Å². The fourth-order valence-electron chi connectivity index (χ4n) is 2.44. The van der Waals surface area contributed by atoms with E-state index in [0.29, 0.717) is 22.8 Å². The summed E-state index contributed by atoms with van der Waals surface area (Å²) in [5.74, 6) is -0.705. The molecule has 3 rings (SSSR count). The van der Waals surface area contributed by atoms with Crippen LogP contribution in [-0.2, 0) is 4.79 Å². The average Bonchev–Trinajstić information content (AvgIpc) is 2.64. The topological polar surface area (TPSA) is 96.0 Å². The Bertz CT molecular complexity index is 1000. The number of rotatable bonds is 5. The Hall–Kier alpha value is -3.81. The minimum Gasteiger partial charge on any atom is -0.326 e. The van der Waals surface area contributed by atoms with Gasteiger partial charge in [0, 0.05) is 29.7 Å². The monoisotopic (exact) mass is 379 g/mol. The van der Waals surface area contributed by atoms with E-state index in [4.69, 9.17) is 0 Å². The summed E-state index contributed by atoms with van der Waals surface area (Å²) in [6, 6.07) is 14.0. The Morgan fingerprint density at radius 3 is 2.07 bits per heavy atom. The highest BCUT2D eigenvalue weighted by atomic mass is 19.1. The first-order valence-electron chi connectivity index (χ1n) is 8.46. The molecule has 0 aliphatic carbocycles. The Morgan fingerprint density at radius 2 is 1.43 bits per heavy atom. The predicted octanol–water partition coefficient (Wildman–Crippen LogP) is 3.88. The first kappa shape index (κ1) is 19.0. The fourth-order valence-corrected chi connectivity index (χ4v) is 2.44. The summed E-state index contributed by atoms with van der Waals surface area (Å²) in [5.41, 5.74) is 2.61. The highest BCUT2D eigenvalue weighted by molar-refractivity contribution is 6.03. The van der Waals surface area contributed by atoms with Crippen LogP contribution >= 0.6 is 0 Å². The molecule has 8 heteroatoms. The molecule has 0 aliphatic heterocycles. The molecule has 3 N–H and O–H groups in total. The molecule has 142 valence electrons. The summed E-state index contributed by atoms with van der Waals surface area (Å²) < 4.78 is 13.0. The number of aryl methyl sites for hydroxylation is 1. The van der Waals surface area contributed by atoms with Crippen molar-refractivity contribution in [2.24, 2.45) is 0 Å². The third-order valence-corrected chi connectivity index (χ3v) is 3.65. The third kappa shape index (κ3) is 5.10. The minimum absolute atomic E-state index is 0.153. The van der Waals surface area contributed by atoms with Crippen LogP contribution in [-0.4, -0.2) is 21.8 Å². The lowest BCUT2D eigenvalue weighted by Crippen LogP contribution is -2.15. The second-order valence-corrected chi connectivity index (χ2v) is 6.06. The van der Waals surface area contributed by atoms with Gasteiger partial charge in [-0.15, -0.1) is 0 Å². The lowest BCUT2D eigenvalue weighted by Gasteiger charge is -2.10. The van der Waals surface area contributed by atoms with Crippen LogP contribution in [0.15, 0.2) is 54.6 Å². The number of halogens is 1. The molecule has 0 unspecified atom stereocenters. The van der Waals surface area contributed by atoms with Gasteiger partial charge in [0.2, 0.25) is 11.9 Å². The van der Waals surface area contributed by atoms with Crippen LogP contribution < -0.4 is 16.0 Å². The van der Waals surface area contributed by atoms with Gasteiger partial charge in [0.05, 0.1) is 0 Å². The number of nitrogens with one attached hydrogen (secondary N) is 3. The minimum atomic E-state index is -0.429. The van der Waals surface area contributed by atoms with Crippen molar-refractivity contribution in [2.75, 3.05) is 16.0 Å². The van der Waals surface area contributed by atoms with Crippen LogP contribution in [0.5, 0.6) is 0 Å². The van der Waals surface area contributed by atoms with E-state index in [0.717, 1.165) is 0 Å². The quantitative estimate of drug-likeness (QED) is 0.625. The van der Waals surface area contributed by atoms with Crippen molar-refractivity contribution in [2.45, 2.75) is 13.8 Å². The highest BCUT2D eigenvalue weighted by Gasteiger charge is 2.11. The molecule has 1 heterocycles. The highest BCUT2D eigenvalue weighted by Crippen LogP contribution is 2.18. The van der Waals surface area contributed by atoms with E-state index < -0.39 is 5.91 Å². The van der Waals surface area contributed by atoms with Gasteiger partial charge in [0.1, 0.15) is 11.5 Å². The standard InChI is InChI=1S/C20H18FN5O2/c1-12-11-18(19(28)24-16-5-3-14(21)4-6-16)26-20(22-12)25-17-9-7-15(8-10-17)23-13(2)27/h3-11H,1-2H3,(H,23,27)(H,24,28)(H,22,25,26). The van der Waals surface area contributed by atoms with Crippen molar-refractivity contribution in [3.05, 3.63) is 71.8 Å². The first-order chi connectivity index (χ1) is 13.4. The SMILES string of the molecule is CC(=O)Nc1ccc(Nc2nc(C)cc(C(=O)Nc3ccc(F)cc3)n2)cc1. The Balaban J connectivity index is 1.74.